The Morgan fingerprint density at radius 3 is 2.74 bits per heavy atom. The van der Waals surface area contributed by atoms with E-state index in [2.05, 4.69) is 24.5 Å². The lowest BCUT2D eigenvalue weighted by Crippen LogP contribution is -2.52. The Kier molecular flexibility index (Phi) is 4.56. The van der Waals surface area contributed by atoms with Crippen LogP contribution in [0.25, 0.3) is 0 Å². The fraction of sp³-hybridized carbons (Fsp3) is 0.533. The minimum atomic E-state index is -0.862. The predicted octanol–water partition coefficient (Wildman–Crippen LogP) is 1.69. The predicted molar refractivity (Wildman–Crippen MR) is 75.6 cm³/mol. The van der Waals surface area contributed by atoms with Crippen LogP contribution in [-0.4, -0.2) is 36.8 Å². The van der Waals surface area contributed by atoms with E-state index in [-0.39, 0.29) is 0 Å². The number of rotatable bonds is 4. The molecule has 2 rings (SSSR count). The van der Waals surface area contributed by atoms with Crippen molar-refractivity contribution in [2.45, 2.75) is 25.8 Å². The van der Waals surface area contributed by atoms with Gasteiger partial charge in [-0.3, -0.25) is 0 Å². The van der Waals surface area contributed by atoms with Crippen molar-refractivity contribution in [2.75, 3.05) is 19.6 Å². The zero-order valence-corrected chi connectivity index (χ0v) is 11.5. The van der Waals surface area contributed by atoms with Gasteiger partial charge in [0.1, 0.15) is 0 Å². The summed E-state index contributed by atoms with van der Waals surface area (Å²) < 4.78 is 0. The first kappa shape index (κ1) is 14.0. The van der Waals surface area contributed by atoms with E-state index in [0.29, 0.717) is 23.4 Å². The SMILES string of the molecule is CC(C)[C@H](c1cccc(C(=O)O)c1)C1CNCCN1. The van der Waals surface area contributed by atoms with Crippen LogP contribution in [0.1, 0.15) is 35.7 Å². The van der Waals surface area contributed by atoms with Crippen molar-refractivity contribution in [1.82, 2.24) is 10.6 Å². The molecule has 0 saturated carbocycles. The number of benzene rings is 1. The molecule has 104 valence electrons. The highest BCUT2D eigenvalue weighted by atomic mass is 16.4. The molecule has 0 bridgehead atoms. The van der Waals surface area contributed by atoms with Gasteiger partial charge in [-0.2, -0.15) is 0 Å². The van der Waals surface area contributed by atoms with Crippen LogP contribution in [0.4, 0.5) is 0 Å². The normalized spacial score (nSPS) is 21.3. The lowest BCUT2D eigenvalue weighted by Gasteiger charge is -2.34. The number of aromatic carboxylic acids is 1. The zero-order valence-electron chi connectivity index (χ0n) is 11.5. The van der Waals surface area contributed by atoms with Crippen LogP contribution in [0.2, 0.25) is 0 Å². The van der Waals surface area contributed by atoms with Crippen molar-refractivity contribution in [3.63, 3.8) is 0 Å². The van der Waals surface area contributed by atoms with Crippen LogP contribution in [0.15, 0.2) is 24.3 Å². The summed E-state index contributed by atoms with van der Waals surface area (Å²) in [5, 5.41) is 16.0. The van der Waals surface area contributed by atoms with E-state index >= 15 is 0 Å². The Hall–Kier alpha value is -1.39. The summed E-state index contributed by atoms with van der Waals surface area (Å²) in [6.07, 6.45) is 0. The summed E-state index contributed by atoms with van der Waals surface area (Å²) in [5.74, 6) is -0.0763. The van der Waals surface area contributed by atoms with Gasteiger partial charge in [-0.25, -0.2) is 4.79 Å². The Bertz CT molecular complexity index is 440. The van der Waals surface area contributed by atoms with Crippen LogP contribution in [0, 0.1) is 5.92 Å². The summed E-state index contributed by atoms with van der Waals surface area (Å²) in [6, 6.07) is 7.69. The van der Waals surface area contributed by atoms with E-state index in [1.807, 2.05) is 18.2 Å². The van der Waals surface area contributed by atoms with Gasteiger partial charge in [0.15, 0.2) is 0 Å². The van der Waals surface area contributed by atoms with Gasteiger partial charge >= 0.3 is 5.97 Å². The minimum absolute atomic E-state index is 0.326. The van der Waals surface area contributed by atoms with Gasteiger partial charge in [-0.1, -0.05) is 26.0 Å². The van der Waals surface area contributed by atoms with Gasteiger partial charge in [0.2, 0.25) is 0 Å². The molecule has 1 heterocycles. The average Bonchev–Trinajstić information content (AvgIpc) is 2.40. The summed E-state index contributed by atoms with van der Waals surface area (Å²) >= 11 is 0. The van der Waals surface area contributed by atoms with Crippen molar-refractivity contribution < 1.29 is 9.90 Å². The minimum Gasteiger partial charge on any atom is -0.478 e. The third kappa shape index (κ3) is 3.33. The summed E-state index contributed by atoms with van der Waals surface area (Å²) in [7, 11) is 0. The number of hydrogen-bond donors (Lipinski definition) is 3. The maximum absolute atomic E-state index is 11.1. The standard InChI is InChI=1S/C15H22N2O2/c1-10(2)14(13-9-16-6-7-17-13)11-4-3-5-12(8-11)15(18)19/h3-5,8,10,13-14,16-17H,6-7,9H2,1-2H3,(H,18,19)/t13?,14-/m1/s1. The first-order chi connectivity index (χ1) is 9.09. The molecule has 4 heteroatoms. The van der Waals surface area contributed by atoms with Crippen LogP contribution in [0.5, 0.6) is 0 Å². The quantitative estimate of drug-likeness (QED) is 0.772. The molecule has 0 radical (unpaired) electrons. The molecule has 1 aromatic rings. The Morgan fingerprint density at radius 1 is 1.37 bits per heavy atom. The van der Waals surface area contributed by atoms with E-state index in [4.69, 9.17) is 5.11 Å². The average molecular weight is 262 g/mol. The first-order valence-electron chi connectivity index (χ1n) is 6.87. The monoisotopic (exact) mass is 262 g/mol. The number of hydrogen-bond acceptors (Lipinski definition) is 3. The van der Waals surface area contributed by atoms with Gasteiger partial charge in [-0.05, 0) is 23.6 Å². The zero-order chi connectivity index (χ0) is 13.8. The third-order valence-corrected chi connectivity index (χ3v) is 3.74. The molecule has 1 aliphatic rings. The molecule has 1 saturated heterocycles. The molecular weight excluding hydrogens is 240 g/mol. The van der Waals surface area contributed by atoms with E-state index in [9.17, 15) is 4.79 Å². The van der Waals surface area contributed by atoms with E-state index in [1.54, 1.807) is 6.07 Å². The molecule has 1 unspecified atom stereocenters. The van der Waals surface area contributed by atoms with Gasteiger partial charge in [0, 0.05) is 31.6 Å². The molecule has 1 aliphatic heterocycles. The second-order valence-corrected chi connectivity index (χ2v) is 5.47. The summed E-state index contributed by atoms with van der Waals surface area (Å²) in [5.41, 5.74) is 1.48. The second-order valence-electron chi connectivity index (χ2n) is 5.47. The van der Waals surface area contributed by atoms with Crippen LogP contribution in [0.3, 0.4) is 0 Å². The Labute approximate surface area is 114 Å². The van der Waals surface area contributed by atoms with Crippen molar-refractivity contribution in [3.05, 3.63) is 35.4 Å². The number of piperazine rings is 1. The summed E-state index contributed by atoms with van der Waals surface area (Å²) in [6.45, 7) is 7.27. The van der Waals surface area contributed by atoms with Gasteiger partial charge in [0.25, 0.3) is 0 Å². The van der Waals surface area contributed by atoms with Gasteiger partial charge in [-0.15, -0.1) is 0 Å². The smallest absolute Gasteiger partial charge is 0.335 e. The van der Waals surface area contributed by atoms with Gasteiger partial charge in [0.05, 0.1) is 5.56 Å². The maximum Gasteiger partial charge on any atom is 0.335 e. The highest BCUT2D eigenvalue weighted by molar-refractivity contribution is 5.87. The van der Waals surface area contributed by atoms with Crippen LogP contribution >= 0.6 is 0 Å². The fourth-order valence-electron chi connectivity index (χ4n) is 2.89. The summed E-state index contributed by atoms with van der Waals surface area (Å²) in [4.78, 5) is 11.1. The lowest BCUT2D eigenvalue weighted by molar-refractivity contribution is 0.0696. The fourth-order valence-corrected chi connectivity index (χ4v) is 2.89. The highest BCUT2D eigenvalue weighted by Crippen LogP contribution is 2.29. The largest absolute Gasteiger partial charge is 0.478 e. The highest BCUT2D eigenvalue weighted by Gasteiger charge is 2.27. The van der Waals surface area contributed by atoms with Crippen LogP contribution < -0.4 is 10.6 Å². The van der Waals surface area contributed by atoms with Crippen molar-refractivity contribution in [1.29, 1.82) is 0 Å². The first-order valence-corrected chi connectivity index (χ1v) is 6.87. The molecular formula is C15H22N2O2. The van der Waals surface area contributed by atoms with Gasteiger partial charge < -0.3 is 15.7 Å². The molecule has 1 fully saturated rings. The molecule has 0 aliphatic carbocycles. The molecule has 4 nitrogen and oxygen atoms in total. The van der Waals surface area contributed by atoms with E-state index in [0.717, 1.165) is 25.2 Å². The third-order valence-electron chi connectivity index (χ3n) is 3.74. The molecule has 3 N–H and O–H groups in total. The molecule has 19 heavy (non-hydrogen) atoms. The van der Waals surface area contributed by atoms with Crippen LogP contribution in [-0.2, 0) is 0 Å². The van der Waals surface area contributed by atoms with Crippen molar-refractivity contribution >= 4 is 5.97 Å². The number of carboxylic acids is 1. The topological polar surface area (TPSA) is 61.4 Å². The van der Waals surface area contributed by atoms with Crippen molar-refractivity contribution in [3.8, 4) is 0 Å². The number of carbonyl (C=O) groups is 1. The lowest BCUT2D eigenvalue weighted by atomic mass is 9.81. The van der Waals surface area contributed by atoms with E-state index in [1.165, 1.54) is 0 Å². The number of nitrogens with one attached hydrogen (secondary N) is 2. The van der Waals surface area contributed by atoms with Crippen molar-refractivity contribution in [2.24, 2.45) is 5.92 Å². The Balaban J connectivity index is 2.27. The molecule has 0 spiro atoms. The van der Waals surface area contributed by atoms with E-state index < -0.39 is 5.97 Å². The second kappa shape index (κ2) is 6.17. The number of carboxylic acid groups (broad SMARTS) is 1. The molecule has 1 aromatic carbocycles. The maximum atomic E-state index is 11.1. The molecule has 0 amide bonds. The Morgan fingerprint density at radius 2 is 2.16 bits per heavy atom. The molecule has 2 atom stereocenters. The molecule has 0 aromatic heterocycles.